The van der Waals surface area contributed by atoms with Crippen molar-refractivity contribution in [1.29, 1.82) is 0 Å². The Labute approximate surface area is 115 Å². The fourth-order valence-corrected chi connectivity index (χ4v) is 2.62. The van der Waals surface area contributed by atoms with Crippen LogP contribution in [0.2, 0.25) is 0 Å². The number of halogens is 2. The van der Waals surface area contributed by atoms with E-state index in [0.29, 0.717) is 10.2 Å². The minimum absolute atomic E-state index is 0.0420. The van der Waals surface area contributed by atoms with Gasteiger partial charge in [-0.05, 0) is 28.1 Å². The van der Waals surface area contributed by atoms with Crippen molar-refractivity contribution in [3.8, 4) is 0 Å². The summed E-state index contributed by atoms with van der Waals surface area (Å²) in [6.45, 7) is -0.0420. The molecule has 7 heteroatoms. The van der Waals surface area contributed by atoms with Gasteiger partial charge in [0.25, 0.3) is 5.91 Å². The van der Waals surface area contributed by atoms with E-state index in [0.717, 1.165) is 4.47 Å². The van der Waals surface area contributed by atoms with Crippen LogP contribution in [0.3, 0.4) is 0 Å². The summed E-state index contributed by atoms with van der Waals surface area (Å²) in [5, 5.41) is 2.79. The van der Waals surface area contributed by atoms with Gasteiger partial charge >= 0.3 is 5.97 Å². The Morgan fingerprint density at radius 2 is 2.06 bits per heavy atom. The van der Waals surface area contributed by atoms with E-state index in [4.69, 9.17) is 5.73 Å². The van der Waals surface area contributed by atoms with Crippen molar-refractivity contribution in [3.05, 3.63) is 26.6 Å². The van der Waals surface area contributed by atoms with Crippen LogP contribution in [0.15, 0.2) is 21.1 Å². The van der Waals surface area contributed by atoms with Crippen LogP contribution in [0.4, 0.5) is 5.69 Å². The summed E-state index contributed by atoms with van der Waals surface area (Å²) in [4.78, 5) is 22.3. The van der Waals surface area contributed by atoms with E-state index < -0.39 is 11.9 Å². The molecule has 0 aliphatic rings. The van der Waals surface area contributed by atoms with Gasteiger partial charge in [0.2, 0.25) is 0 Å². The van der Waals surface area contributed by atoms with Crippen molar-refractivity contribution in [3.63, 3.8) is 0 Å². The largest absolute Gasteiger partial charge is 0.468 e. The van der Waals surface area contributed by atoms with Crippen molar-refractivity contribution in [2.75, 3.05) is 19.0 Å². The highest BCUT2D eigenvalue weighted by molar-refractivity contribution is 9.11. The molecule has 92 valence electrons. The second-order valence-corrected chi connectivity index (χ2v) is 4.87. The Hall–Kier alpha value is -1.08. The topological polar surface area (TPSA) is 81.4 Å². The zero-order valence-electron chi connectivity index (χ0n) is 8.92. The number of rotatable bonds is 4. The Kier molecular flexibility index (Phi) is 4.95. The van der Waals surface area contributed by atoms with Gasteiger partial charge in [-0.1, -0.05) is 15.9 Å². The third-order valence-electron chi connectivity index (χ3n) is 1.95. The Balaban J connectivity index is 3.04. The smallest absolute Gasteiger partial charge is 0.325 e. The van der Waals surface area contributed by atoms with Crippen LogP contribution in [0.1, 0.15) is 10.4 Å². The molecule has 0 aliphatic heterocycles. The number of hydrogen-bond acceptors (Lipinski definition) is 4. The lowest BCUT2D eigenvalue weighted by molar-refractivity contribution is -0.138. The third-order valence-corrected chi connectivity index (χ3v) is 3.04. The molecular weight excluding hydrogens is 356 g/mol. The number of nitrogens with one attached hydrogen (secondary N) is 1. The molecule has 0 saturated carbocycles. The molecule has 1 amide bonds. The van der Waals surface area contributed by atoms with Crippen molar-refractivity contribution in [2.45, 2.75) is 0 Å². The lowest BCUT2D eigenvalue weighted by Crippen LogP contribution is -2.19. The highest BCUT2D eigenvalue weighted by Crippen LogP contribution is 2.29. The van der Waals surface area contributed by atoms with E-state index in [1.165, 1.54) is 7.11 Å². The van der Waals surface area contributed by atoms with E-state index in [1.807, 2.05) is 0 Å². The number of benzene rings is 1. The summed E-state index contributed by atoms with van der Waals surface area (Å²) in [5.41, 5.74) is 6.02. The van der Waals surface area contributed by atoms with Crippen LogP contribution in [0.5, 0.6) is 0 Å². The number of anilines is 1. The SMILES string of the molecule is COC(=O)CNc1cc(Br)cc(Br)c1C(N)=O. The van der Waals surface area contributed by atoms with Gasteiger partial charge in [0.05, 0.1) is 12.7 Å². The number of primary amides is 1. The zero-order chi connectivity index (χ0) is 13.0. The summed E-state index contributed by atoms with van der Waals surface area (Å²) < 4.78 is 5.79. The minimum Gasteiger partial charge on any atom is -0.468 e. The first-order valence-electron chi connectivity index (χ1n) is 4.55. The third kappa shape index (κ3) is 3.71. The van der Waals surface area contributed by atoms with Gasteiger partial charge in [-0.3, -0.25) is 9.59 Å². The zero-order valence-corrected chi connectivity index (χ0v) is 12.1. The number of carbonyl (C=O) groups is 2. The van der Waals surface area contributed by atoms with Crippen LogP contribution in [0.25, 0.3) is 0 Å². The molecule has 1 aromatic carbocycles. The van der Waals surface area contributed by atoms with Gasteiger partial charge in [-0.25, -0.2) is 0 Å². The normalized spacial score (nSPS) is 9.82. The standard InChI is InChI=1S/C10H10Br2N2O3/c1-17-8(15)4-14-7-3-5(11)2-6(12)9(7)10(13)16/h2-3,14H,4H2,1H3,(H2,13,16). The highest BCUT2D eigenvalue weighted by atomic mass is 79.9. The van der Waals surface area contributed by atoms with Gasteiger partial charge in [-0.2, -0.15) is 0 Å². The van der Waals surface area contributed by atoms with Gasteiger partial charge in [-0.15, -0.1) is 0 Å². The van der Waals surface area contributed by atoms with E-state index in [-0.39, 0.29) is 12.1 Å². The fraction of sp³-hybridized carbons (Fsp3) is 0.200. The average Bonchev–Trinajstić information content (AvgIpc) is 2.24. The van der Waals surface area contributed by atoms with E-state index in [1.54, 1.807) is 12.1 Å². The maximum atomic E-state index is 11.3. The number of esters is 1. The van der Waals surface area contributed by atoms with E-state index in [2.05, 4.69) is 41.9 Å². The first-order chi connectivity index (χ1) is 7.95. The van der Waals surface area contributed by atoms with E-state index >= 15 is 0 Å². The minimum atomic E-state index is -0.586. The first-order valence-corrected chi connectivity index (χ1v) is 6.14. The van der Waals surface area contributed by atoms with Crippen LogP contribution in [-0.4, -0.2) is 25.5 Å². The number of methoxy groups -OCH3 is 1. The fourth-order valence-electron chi connectivity index (χ4n) is 1.20. The quantitative estimate of drug-likeness (QED) is 0.798. The van der Waals surface area contributed by atoms with Crippen molar-refractivity contribution < 1.29 is 14.3 Å². The lowest BCUT2D eigenvalue weighted by atomic mass is 10.1. The van der Waals surface area contributed by atoms with Crippen molar-refractivity contribution in [1.82, 2.24) is 0 Å². The number of amides is 1. The second-order valence-electron chi connectivity index (χ2n) is 3.10. The molecule has 0 spiro atoms. The van der Waals surface area contributed by atoms with Gasteiger partial charge in [0, 0.05) is 14.6 Å². The Morgan fingerprint density at radius 3 is 2.59 bits per heavy atom. The summed E-state index contributed by atoms with van der Waals surface area (Å²) in [6.07, 6.45) is 0. The van der Waals surface area contributed by atoms with Crippen molar-refractivity contribution in [2.24, 2.45) is 5.73 Å². The molecule has 17 heavy (non-hydrogen) atoms. The maximum absolute atomic E-state index is 11.3. The van der Waals surface area contributed by atoms with Gasteiger partial charge in [0.1, 0.15) is 6.54 Å². The molecular formula is C10H10Br2N2O3. The molecule has 0 fully saturated rings. The van der Waals surface area contributed by atoms with Gasteiger partial charge < -0.3 is 15.8 Å². The molecule has 1 rings (SSSR count). The first kappa shape index (κ1) is 14.0. The molecule has 0 aromatic heterocycles. The number of nitrogens with two attached hydrogens (primary N) is 1. The number of carbonyl (C=O) groups excluding carboxylic acids is 2. The molecule has 0 unspecified atom stereocenters. The van der Waals surface area contributed by atoms with Crippen LogP contribution in [-0.2, 0) is 9.53 Å². The molecule has 0 bridgehead atoms. The summed E-state index contributed by atoms with van der Waals surface area (Å²) in [6, 6.07) is 3.36. The number of ether oxygens (including phenoxy) is 1. The molecule has 0 heterocycles. The summed E-state index contributed by atoms with van der Waals surface area (Å²) >= 11 is 6.52. The van der Waals surface area contributed by atoms with Crippen LogP contribution >= 0.6 is 31.9 Å². The predicted molar refractivity (Wildman–Crippen MR) is 70.9 cm³/mol. The monoisotopic (exact) mass is 364 g/mol. The molecule has 0 atom stereocenters. The molecule has 1 aromatic rings. The van der Waals surface area contributed by atoms with Crippen LogP contribution < -0.4 is 11.1 Å². The average molecular weight is 366 g/mol. The highest BCUT2D eigenvalue weighted by Gasteiger charge is 2.14. The van der Waals surface area contributed by atoms with Crippen LogP contribution in [0, 0.1) is 0 Å². The summed E-state index contributed by atoms with van der Waals surface area (Å²) in [5.74, 6) is -1.02. The predicted octanol–water partition coefficient (Wildman–Crippen LogP) is 1.90. The molecule has 0 radical (unpaired) electrons. The maximum Gasteiger partial charge on any atom is 0.325 e. The Bertz CT molecular complexity index is 463. The molecule has 0 aliphatic carbocycles. The molecule has 5 nitrogen and oxygen atoms in total. The van der Waals surface area contributed by atoms with E-state index in [9.17, 15) is 9.59 Å². The molecule has 0 saturated heterocycles. The van der Waals surface area contributed by atoms with Crippen molar-refractivity contribution >= 4 is 49.4 Å². The Morgan fingerprint density at radius 1 is 1.41 bits per heavy atom. The second kappa shape index (κ2) is 6.02. The molecule has 3 N–H and O–H groups in total. The number of hydrogen-bond donors (Lipinski definition) is 2. The summed E-state index contributed by atoms with van der Waals surface area (Å²) in [7, 11) is 1.29. The lowest BCUT2D eigenvalue weighted by Gasteiger charge is -2.11. The van der Waals surface area contributed by atoms with Gasteiger partial charge in [0.15, 0.2) is 0 Å².